The van der Waals surface area contributed by atoms with Crippen LogP contribution in [0.1, 0.15) is 30.2 Å². The Morgan fingerprint density at radius 3 is 3.00 bits per heavy atom. The highest BCUT2D eigenvalue weighted by Crippen LogP contribution is 2.33. The number of anilines is 1. The molecule has 0 aliphatic heterocycles. The van der Waals surface area contributed by atoms with Crippen LogP contribution in [0.5, 0.6) is 0 Å². The second kappa shape index (κ2) is 4.44. The molecule has 2 nitrogen and oxygen atoms in total. The maximum absolute atomic E-state index is 13.6. The molecule has 1 aliphatic rings. The molecule has 1 N–H and O–H groups in total. The zero-order chi connectivity index (χ0) is 12.5. The van der Waals surface area contributed by atoms with Gasteiger partial charge in [-0.3, -0.25) is 0 Å². The highest BCUT2D eigenvalue weighted by atomic mass is 19.1. The summed E-state index contributed by atoms with van der Waals surface area (Å²) < 4.78 is 32.1. The second-order valence-electron chi connectivity index (χ2n) is 4.51. The standard InChI is InChI=1S/C14H13F2NO/c15-9-4-5-11(16)13(8-9)17-12-2-1-3-14-10(12)6-7-18-14/h4-8,12,17H,1-3H2. The minimum absolute atomic E-state index is 0.0104. The van der Waals surface area contributed by atoms with Gasteiger partial charge in [-0.15, -0.1) is 0 Å². The van der Waals surface area contributed by atoms with E-state index in [-0.39, 0.29) is 11.7 Å². The summed E-state index contributed by atoms with van der Waals surface area (Å²) in [5.74, 6) is 0.0599. The average molecular weight is 249 g/mol. The zero-order valence-electron chi connectivity index (χ0n) is 9.75. The minimum Gasteiger partial charge on any atom is -0.469 e. The van der Waals surface area contributed by atoms with Gasteiger partial charge in [0.25, 0.3) is 0 Å². The molecule has 0 amide bonds. The Labute approximate surface area is 104 Å². The molecule has 0 radical (unpaired) electrons. The van der Waals surface area contributed by atoms with Crippen LogP contribution >= 0.6 is 0 Å². The van der Waals surface area contributed by atoms with Crippen molar-refractivity contribution in [2.75, 3.05) is 5.32 Å². The van der Waals surface area contributed by atoms with E-state index >= 15 is 0 Å². The predicted molar refractivity (Wildman–Crippen MR) is 64.4 cm³/mol. The summed E-state index contributed by atoms with van der Waals surface area (Å²) in [6.45, 7) is 0. The van der Waals surface area contributed by atoms with E-state index < -0.39 is 11.6 Å². The van der Waals surface area contributed by atoms with Crippen LogP contribution in [0.2, 0.25) is 0 Å². The van der Waals surface area contributed by atoms with Gasteiger partial charge in [-0.1, -0.05) is 0 Å². The van der Waals surface area contributed by atoms with Crippen molar-refractivity contribution in [2.45, 2.75) is 25.3 Å². The van der Waals surface area contributed by atoms with Crippen molar-refractivity contribution in [3.05, 3.63) is 53.5 Å². The number of hydrogen-bond donors (Lipinski definition) is 1. The number of halogens is 2. The molecule has 1 aromatic heterocycles. The van der Waals surface area contributed by atoms with Crippen LogP contribution in [0, 0.1) is 11.6 Å². The monoisotopic (exact) mass is 249 g/mol. The van der Waals surface area contributed by atoms with E-state index in [1.165, 1.54) is 6.07 Å². The van der Waals surface area contributed by atoms with Gasteiger partial charge >= 0.3 is 0 Å². The quantitative estimate of drug-likeness (QED) is 0.868. The molecule has 94 valence electrons. The highest BCUT2D eigenvalue weighted by Gasteiger charge is 2.23. The Morgan fingerprint density at radius 1 is 1.22 bits per heavy atom. The molecule has 0 saturated carbocycles. The molecule has 3 rings (SSSR count). The van der Waals surface area contributed by atoms with Crippen LogP contribution < -0.4 is 5.32 Å². The zero-order valence-corrected chi connectivity index (χ0v) is 9.75. The number of furan rings is 1. The molecular formula is C14H13F2NO. The van der Waals surface area contributed by atoms with Crippen LogP contribution in [-0.2, 0) is 6.42 Å². The number of nitrogens with one attached hydrogen (secondary N) is 1. The fourth-order valence-electron chi connectivity index (χ4n) is 2.43. The SMILES string of the molecule is Fc1ccc(F)c(NC2CCCc3occc32)c1. The van der Waals surface area contributed by atoms with Crippen molar-refractivity contribution in [1.82, 2.24) is 0 Å². The Bertz CT molecular complexity index is 565. The summed E-state index contributed by atoms with van der Waals surface area (Å²) in [6, 6.07) is 5.32. The lowest BCUT2D eigenvalue weighted by Crippen LogP contribution is -2.16. The summed E-state index contributed by atoms with van der Waals surface area (Å²) in [6.07, 6.45) is 4.43. The van der Waals surface area contributed by atoms with Gasteiger partial charge in [-0.25, -0.2) is 8.78 Å². The molecule has 0 fully saturated rings. The van der Waals surface area contributed by atoms with Crippen LogP contribution in [0.25, 0.3) is 0 Å². The van der Waals surface area contributed by atoms with Gasteiger partial charge in [0, 0.05) is 12.0 Å². The Hall–Kier alpha value is -1.84. The number of hydrogen-bond acceptors (Lipinski definition) is 2. The van der Waals surface area contributed by atoms with E-state index in [0.717, 1.165) is 42.7 Å². The van der Waals surface area contributed by atoms with Gasteiger partial charge in [0.15, 0.2) is 0 Å². The van der Waals surface area contributed by atoms with E-state index in [2.05, 4.69) is 5.32 Å². The van der Waals surface area contributed by atoms with Gasteiger partial charge < -0.3 is 9.73 Å². The van der Waals surface area contributed by atoms with Crippen molar-refractivity contribution in [2.24, 2.45) is 0 Å². The molecule has 1 aromatic carbocycles. The second-order valence-corrected chi connectivity index (χ2v) is 4.51. The lowest BCUT2D eigenvalue weighted by Gasteiger charge is -2.24. The molecule has 18 heavy (non-hydrogen) atoms. The Kier molecular flexibility index (Phi) is 2.78. The Morgan fingerprint density at radius 2 is 2.11 bits per heavy atom. The van der Waals surface area contributed by atoms with Gasteiger partial charge in [0.2, 0.25) is 0 Å². The predicted octanol–water partition coefficient (Wildman–Crippen LogP) is 4.05. The van der Waals surface area contributed by atoms with Crippen LogP contribution in [0.15, 0.2) is 34.9 Å². The van der Waals surface area contributed by atoms with E-state index in [0.29, 0.717) is 0 Å². The number of fused-ring (bicyclic) bond motifs is 1. The molecular weight excluding hydrogens is 236 g/mol. The van der Waals surface area contributed by atoms with Gasteiger partial charge in [0.1, 0.15) is 17.4 Å². The first-order chi connectivity index (χ1) is 8.74. The number of aryl methyl sites for hydroxylation is 1. The van der Waals surface area contributed by atoms with Crippen molar-refractivity contribution >= 4 is 5.69 Å². The molecule has 1 heterocycles. The molecule has 1 unspecified atom stereocenters. The van der Waals surface area contributed by atoms with Crippen LogP contribution in [0.3, 0.4) is 0 Å². The van der Waals surface area contributed by atoms with E-state index in [4.69, 9.17) is 4.42 Å². The lowest BCUT2D eigenvalue weighted by atomic mass is 9.93. The van der Waals surface area contributed by atoms with E-state index in [9.17, 15) is 8.78 Å². The van der Waals surface area contributed by atoms with Gasteiger partial charge in [-0.2, -0.15) is 0 Å². The van der Waals surface area contributed by atoms with Crippen molar-refractivity contribution < 1.29 is 13.2 Å². The highest BCUT2D eigenvalue weighted by molar-refractivity contribution is 5.47. The summed E-state index contributed by atoms with van der Waals surface area (Å²) in [7, 11) is 0. The van der Waals surface area contributed by atoms with E-state index in [1.54, 1.807) is 6.26 Å². The fourth-order valence-corrected chi connectivity index (χ4v) is 2.43. The van der Waals surface area contributed by atoms with Gasteiger partial charge in [-0.05, 0) is 37.1 Å². The molecule has 2 aromatic rings. The number of rotatable bonds is 2. The maximum Gasteiger partial charge on any atom is 0.146 e. The molecule has 0 saturated heterocycles. The largest absolute Gasteiger partial charge is 0.469 e. The van der Waals surface area contributed by atoms with E-state index in [1.807, 2.05) is 6.07 Å². The minimum atomic E-state index is -0.442. The first kappa shape index (κ1) is 11.3. The average Bonchev–Trinajstić information content (AvgIpc) is 2.83. The van der Waals surface area contributed by atoms with Crippen LogP contribution in [-0.4, -0.2) is 0 Å². The molecule has 1 aliphatic carbocycles. The maximum atomic E-state index is 13.6. The third kappa shape index (κ3) is 1.98. The van der Waals surface area contributed by atoms with Crippen LogP contribution in [0.4, 0.5) is 14.5 Å². The Balaban J connectivity index is 1.88. The normalized spacial score (nSPS) is 18.4. The third-order valence-electron chi connectivity index (χ3n) is 3.31. The number of benzene rings is 1. The van der Waals surface area contributed by atoms with Crippen molar-refractivity contribution in [1.29, 1.82) is 0 Å². The summed E-state index contributed by atoms with van der Waals surface area (Å²) in [5, 5.41) is 3.06. The fraction of sp³-hybridized carbons (Fsp3) is 0.286. The summed E-state index contributed by atoms with van der Waals surface area (Å²) in [5.41, 5.74) is 1.25. The molecule has 1 atom stereocenters. The lowest BCUT2D eigenvalue weighted by molar-refractivity contribution is 0.460. The first-order valence-corrected chi connectivity index (χ1v) is 6.02. The van der Waals surface area contributed by atoms with Crippen molar-refractivity contribution in [3.8, 4) is 0 Å². The van der Waals surface area contributed by atoms with Gasteiger partial charge in [0.05, 0.1) is 18.0 Å². The third-order valence-corrected chi connectivity index (χ3v) is 3.31. The molecule has 0 bridgehead atoms. The topological polar surface area (TPSA) is 25.2 Å². The molecule has 4 heteroatoms. The first-order valence-electron chi connectivity index (χ1n) is 6.02. The van der Waals surface area contributed by atoms with Crippen molar-refractivity contribution in [3.63, 3.8) is 0 Å². The molecule has 0 spiro atoms. The summed E-state index contributed by atoms with van der Waals surface area (Å²) >= 11 is 0. The summed E-state index contributed by atoms with van der Waals surface area (Å²) in [4.78, 5) is 0. The smallest absolute Gasteiger partial charge is 0.146 e.